The molecule has 0 fully saturated rings. The van der Waals surface area contributed by atoms with E-state index in [2.05, 4.69) is 59.6 Å². The summed E-state index contributed by atoms with van der Waals surface area (Å²) in [5, 5.41) is 7.77. The van der Waals surface area contributed by atoms with Crippen LogP contribution in [0.2, 0.25) is 0 Å². The van der Waals surface area contributed by atoms with Crippen molar-refractivity contribution in [2.24, 2.45) is 7.05 Å². The molecule has 0 aliphatic carbocycles. The van der Waals surface area contributed by atoms with Crippen LogP contribution in [0.15, 0.2) is 30.3 Å². The second kappa shape index (κ2) is 6.57. The summed E-state index contributed by atoms with van der Waals surface area (Å²) in [5.74, 6) is 1.20. The van der Waals surface area contributed by atoms with Gasteiger partial charge in [0, 0.05) is 32.7 Å². The molecule has 0 atom stereocenters. The third-order valence-electron chi connectivity index (χ3n) is 3.61. The van der Waals surface area contributed by atoms with Gasteiger partial charge < -0.3 is 10.2 Å². The molecule has 4 nitrogen and oxygen atoms in total. The Morgan fingerprint density at radius 1 is 1.25 bits per heavy atom. The molecule has 2 aromatic rings. The van der Waals surface area contributed by atoms with E-state index in [9.17, 15) is 0 Å². The van der Waals surface area contributed by atoms with Crippen LogP contribution in [-0.4, -0.2) is 30.4 Å². The summed E-state index contributed by atoms with van der Waals surface area (Å²) >= 11 is 0. The van der Waals surface area contributed by atoms with Gasteiger partial charge in [-0.05, 0) is 26.0 Å². The van der Waals surface area contributed by atoms with Crippen molar-refractivity contribution in [1.82, 2.24) is 15.1 Å². The summed E-state index contributed by atoms with van der Waals surface area (Å²) < 4.78 is 1.98. The second-order valence-electron chi connectivity index (χ2n) is 5.20. The molecular weight excluding hydrogens is 248 g/mol. The highest BCUT2D eigenvalue weighted by Crippen LogP contribution is 2.22. The molecule has 0 radical (unpaired) electrons. The number of rotatable bonds is 6. The normalized spacial score (nSPS) is 10.8. The fourth-order valence-electron chi connectivity index (χ4n) is 2.60. The minimum Gasteiger partial charge on any atom is -0.359 e. The second-order valence-corrected chi connectivity index (χ2v) is 5.20. The molecule has 0 aliphatic rings. The lowest BCUT2D eigenvalue weighted by Crippen LogP contribution is -2.24. The Morgan fingerprint density at radius 2 is 1.95 bits per heavy atom. The van der Waals surface area contributed by atoms with Crippen LogP contribution in [0.25, 0.3) is 0 Å². The number of anilines is 1. The first-order valence-corrected chi connectivity index (χ1v) is 7.05. The molecule has 20 heavy (non-hydrogen) atoms. The van der Waals surface area contributed by atoms with Gasteiger partial charge >= 0.3 is 0 Å². The molecule has 0 amide bonds. The Labute approximate surface area is 121 Å². The SMILES string of the molecule is CNCc1c(C)nn(C)c1N(C)CCc1ccccc1. The number of nitrogens with zero attached hydrogens (tertiary/aromatic N) is 3. The van der Waals surface area contributed by atoms with E-state index in [-0.39, 0.29) is 0 Å². The summed E-state index contributed by atoms with van der Waals surface area (Å²) in [7, 11) is 6.12. The first-order valence-electron chi connectivity index (χ1n) is 7.05. The molecule has 1 N–H and O–H groups in total. The van der Waals surface area contributed by atoms with Gasteiger partial charge in [0.05, 0.1) is 5.69 Å². The van der Waals surface area contributed by atoms with Gasteiger partial charge in [-0.15, -0.1) is 0 Å². The fourth-order valence-corrected chi connectivity index (χ4v) is 2.60. The van der Waals surface area contributed by atoms with Crippen LogP contribution in [-0.2, 0) is 20.0 Å². The molecular formula is C16H24N4. The highest BCUT2D eigenvalue weighted by atomic mass is 15.4. The lowest BCUT2D eigenvalue weighted by Gasteiger charge is -2.21. The lowest BCUT2D eigenvalue weighted by atomic mass is 10.1. The van der Waals surface area contributed by atoms with Crippen molar-refractivity contribution >= 4 is 5.82 Å². The number of likely N-dealkylation sites (N-methyl/N-ethyl adjacent to an activating group) is 1. The minimum atomic E-state index is 0.852. The van der Waals surface area contributed by atoms with Crippen molar-refractivity contribution < 1.29 is 0 Å². The summed E-state index contributed by atoms with van der Waals surface area (Å²) in [6, 6.07) is 10.6. The monoisotopic (exact) mass is 272 g/mol. The van der Waals surface area contributed by atoms with Crippen LogP contribution >= 0.6 is 0 Å². The third kappa shape index (κ3) is 3.20. The van der Waals surface area contributed by atoms with Crippen LogP contribution in [0.5, 0.6) is 0 Å². The maximum absolute atomic E-state index is 4.54. The Morgan fingerprint density at radius 3 is 2.60 bits per heavy atom. The molecule has 0 aliphatic heterocycles. The molecule has 0 bridgehead atoms. The van der Waals surface area contributed by atoms with E-state index in [1.54, 1.807) is 0 Å². The maximum Gasteiger partial charge on any atom is 0.131 e. The Balaban J connectivity index is 2.10. The van der Waals surface area contributed by atoms with Gasteiger partial charge in [0.15, 0.2) is 0 Å². The first-order chi connectivity index (χ1) is 9.63. The number of hydrogen-bond acceptors (Lipinski definition) is 3. The van der Waals surface area contributed by atoms with Crippen molar-refractivity contribution in [3.05, 3.63) is 47.2 Å². The van der Waals surface area contributed by atoms with Crippen LogP contribution in [0.3, 0.4) is 0 Å². The van der Waals surface area contributed by atoms with E-state index in [0.29, 0.717) is 0 Å². The topological polar surface area (TPSA) is 33.1 Å². The highest BCUT2D eigenvalue weighted by Gasteiger charge is 2.15. The molecule has 1 aromatic carbocycles. The maximum atomic E-state index is 4.54. The zero-order valence-electron chi connectivity index (χ0n) is 12.8. The molecule has 108 valence electrons. The van der Waals surface area contributed by atoms with E-state index in [1.165, 1.54) is 16.9 Å². The largest absolute Gasteiger partial charge is 0.359 e. The molecule has 0 saturated heterocycles. The van der Waals surface area contributed by atoms with Crippen LogP contribution < -0.4 is 10.2 Å². The number of hydrogen-bond donors (Lipinski definition) is 1. The molecule has 4 heteroatoms. The highest BCUT2D eigenvalue weighted by molar-refractivity contribution is 5.49. The van der Waals surface area contributed by atoms with Crippen molar-refractivity contribution in [1.29, 1.82) is 0 Å². The van der Waals surface area contributed by atoms with Crippen molar-refractivity contribution in [3.8, 4) is 0 Å². The fraction of sp³-hybridized carbons (Fsp3) is 0.438. The van der Waals surface area contributed by atoms with Gasteiger partial charge in [0.25, 0.3) is 0 Å². The molecule has 0 saturated carbocycles. The standard InChI is InChI=1S/C16H24N4/c1-13-15(12-17-2)16(20(4)18-13)19(3)11-10-14-8-6-5-7-9-14/h5-9,17H,10-12H2,1-4H3. The average molecular weight is 272 g/mol. The van der Waals surface area contributed by atoms with E-state index >= 15 is 0 Å². The lowest BCUT2D eigenvalue weighted by molar-refractivity contribution is 0.720. The van der Waals surface area contributed by atoms with Gasteiger partial charge in [-0.2, -0.15) is 5.10 Å². The molecule has 0 unspecified atom stereocenters. The number of aromatic nitrogens is 2. The molecule has 1 aromatic heterocycles. The van der Waals surface area contributed by atoms with Crippen molar-refractivity contribution in [2.75, 3.05) is 25.5 Å². The number of benzene rings is 1. The Bertz CT molecular complexity index is 545. The van der Waals surface area contributed by atoms with E-state index in [1.807, 2.05) is 18.8 Å². The third-order valence-corrected chi connectivity index (χ3v) is 3.61. The van der Waals surface area contributed by atoms with Crippen molar-refractivity contribution in [3.63, 3.8) is 0 Å². The van der Waals surface area contributed by atoms with Crippen LogP contribution in [0, 0.1) is 6.92 Å². The summed E-state index contributed by atoms with van der Waals surface area (Å²) in [4.78, 5) is 2.29. The van der Waals surface area contributed by atoms with Gasteiger partial charge in [0.1, 0.15) is 5.82 Å². The average Bonchev–Trinajstić information content (AvgIpc) is 2.72. The summed E-state index contributed by atoms with van der Waals surface area (Å²) in [6.45, 7) is 3.91. The van der Waals surface area contributed by atoms with Gasteiger partial charge in [-0.25, -0.2) is 0 Å². The van der Waals surface area contributed by atoms with Gasteiger partial charge in [-0.3, -0.25) is 4.68 Å². The van der Waals surface area contributed by atoms with Crippen LogP contribution in [0.1, 0.15) is 16.8 Å². The smallest absolute Gasteiger partial charge is 0.131 e. The quantitative estimate of drug-likeness (QED) is 0.874. The summed E-state index contributed by atoms with van der Waals surface area (Å²) in [6.07, 6.45) is 1.04. The van der Waals surface area contributed by atoms with Crippen molar-refractivity contribution in [2.45, 2.75) is 19.9 Å². The summed E-state index contributed by atoms with van der Waals surface area (Å²) in [5.41, 5.74) is 3.75. The van der Waals surface area contributed by atoms with E-state index in [0.717, 1.165) is 25.2 Å². The molecule has 0 spiro atoms. The zero-order chi connectivity index (χ0) is 14.5. The van der Waals surface area contributed by atoms with Gasteiger partial charge in [0.2, 0.25) is 0 Å². The first kappa shape index (κ1) is 14.6. The molecule has 1 heterocycles. The predicted molar refractivity (Wildman–Crippen MR) is 84.1 cm³/mol. The Hall–Kier alpha value is -1.81. The zero-order valence-corrected chi connectivity index (χ0v) is 12.8. The van der Waals surface area contributed by atoms with Crippen LogP contribution in [0.4, 0.5) is 5.82 Å². The predicted octanol–water partition coefficient (Wildman–Crippen LogP) is 2.13. The Kier molecular flexibility index (Phi) is 4.79. The number of nitrogens with one attached hydrogen (secondary N) is 1. The number of aryl methyl sites for hydroxylation is 2. The van der Waals surface area contributed by atoms with Gasteiger partial charge in [-0.1, -0.05) is 30.3 Å². The van der Waals surface area contributed by atoms with E-state index in [4.69, 9.17) is 0 Å². The van der Waals surface area contributed by atoms with E-state index < -0.39 is 0 Å². The minimum absolute atomic E-state index is 0.852. The molecule has 2 rings (SSSR count).